The van der Waals surface area contributed by atoms with Gasteiger partial charge in [-0.15, -0.1) is 0 Å². The van der Waals surface area contributed by atoms with Crippen molar-refractivity contribution in [1.29, 1.82) is 0 Å². The molecule has 0 fully saturated rings. The van der Waals surface area contributed by atoms with Gasteiger partial charge in [0.2, 0.25) is 0 Å². The minimum atomic E-state index is -1.17. The van der Waals surface area contributed by atoms with Gasteiger partial charge in [0.05, 0.1) is 0 Å². The SMILES string of the molecule is CCOC(OCC)[C@@H](O)CF. The second-order valence-electron chi connectivity index (χ2n) is 2.00. The third kappa shape index (κ3) is 4.29. The van der Waals surface area contributed by atoms with E-state index in [9.17, 15) is 4.39 Å². The second-order valence-corrected chi connectivity index (χ2v) is 2.00. The van der Waals surface area contributed by atoms with Crippen molar-refractivity contribution in [2.75, 3.05) is 19.9 Å². The van der Waals surface area contributed by atoms with E-state index >= 15 is 0 Å². The maximum atomic E-state index is 11.9. The van der Waals surface area contributed by atoms with Crippen molar-refractivity contribution in [3.8, 4) is 0 Å². The minimum absolute atomic E-state index is 0.404. The number of ether oxygens (including phenoxy) is 2. The molecule has 0 saturated carbocycles. The molecule has 11 heavy (non-hydrogen) atoms. The first-order chi connectivity index (χ1) is 5.26. The van der Waals surface area contributed by atoms with Gasteiger partial charge in [0.15, 0.2) is 6.29 Å². The average molecular weight is 166 g/mol. The monoisotopic (exact) mass is 166 g/mol. The van der Waals surface area contributed by atoms with Crippen molar-refractivity contribution < 1.29 is 19.0 Å². The fourth-order valence-corrected chi connectivity index (χ4v) is 0.672. The van der Waals surface area contributed by atoms with Crippen molar-refractivity contribution in [3.05, 3.63) is 0 Å². The Bertz CT molecular complexity index is 83.8. The number of alkyl halides is 1. The van der Waals surface area contributed by atoms with Crippen molar-refractivity contribution in [2.24, 2.45) is 0 Å². The molecule has 0 saturated heterocycles. The van der Waals surface area contributed by atoms with Crippen LogP contribution in [0, 0.1) is 0 Å². The van der Waals surface area contributed by atoms with Gasteiger partial charge in [0.1, 0.15) is 12.8 Å². The van der Waals surface area contributed by atoms with Crippen molar-refractivity contribution >= 4 is 0 Å². The van der Waals surface area contributed by atoms with E-state index in [-0.39, 0.29) is 0 Å². The normalized spacial score (nSPS) is 13.9. The first-order valence-corrected chi connectivity index (χ1v) is 3.73. The fraction of sp³-hybridized carbons (Fsp3) is 1.00. The lowest BCUT2D eigenvalue weighted by molar-refractivity contribution is -0.192. The third-order valence-corrected chi connectivity index (χ3v) is 1.13. The molecule has 1 N–H and O–H groups in total. The fourth-order valence-electron chi connectivity index (χ4n) is 0.672. The maximum Gasteiger partial charge on any atom is 0.185 e. The number of hydrogen-bond donors (Lipinski definition) is 1. The molecule has 0 aliphatic heterocycles. The zero-order valence-electron chi connectivity index (χ0n) is 6.92. The van der Waals surface area contributed by atoms with Crippen LogP contribution in [0.1, 0.15) is 13.8 Å². The predicted molar refractivity (Wildman–Crippen MR) is 39.0 cm³/mol. The summed E-state index contributed by atoms with van der Waals surface area (Å²) in [7, 11) is 0. The highest BCUT2D eigenvalue weighted by molar-refractivity contribution is 4.57. The number of aliphatic hydroxyl groups excluding tert-OH is 1. The molecule has 1 atom stereocenters. The Morgan fingerprint density at radius 1 is 1.27 bits per heavy atom. The summed E-state index contributed by atoms with van der Waals surface area (Å²) in [4.78, 5) is 0. The molecule has 0 aromatic carbocycles. The first kappa shape index (κ1) is 10.8. The lowest BCUT2D eigenvalue weighted by atomic mass is 10.4. The third-order valence-electron chi connectivity index (χ3n) is 1.13. The molecule has 0 aliphatic rings. The van der Waals surface area contributed by atoms with Crippen LogP contribution in [0.15, 0.2) is 0 Å². The van der Waals surface area contributed by atoms with Crippen LogP contribution in [-0.4, -0.2) is 37.4 Å². The van der Waals surface area contributed by atoms with Crippen LogP contribution in [0.3, 0.4) is 0 Å². The molecule has 0 bridgehead atoms. The van der Waals surface area contributed by atoms with Gasteiger partial charge in [-0.2, -0.15) is 0 Å². The molecule has 0 radical (unpaired) electrons. The van der Waals surface area contributed by atoms with E-state index < -0.39 is 19.1 Å². The van der Waals surface area contributed by atoms with Gasteiger partial charge in [-0.25, -0.2) is 4.39 Å². The Balaban J connectivity index is 3.66. The van der Waals surface area contributed by atoms with Crippen molar-refractivity contribution in [1.82, 2.24) is 0 Å². The van der Waals surface area contributed by atoms with E-state index in [0.717, 1.165) is 0 Å². The Kier molecular flexibility index (Phi) is 6.40. The molecule has 0 aromatic heterocycles. The van der Waals surface area contributed by atoms with Gasteiger partial charge in [-0.1, -0.05) is 0 Å². The van der Waals surface area contributed by atoms with E-state index in [1.807, 2.05) is 0 Å². The zero-order valence-corrected chi connectivity index (χ0v) is 6.92. The highest BCUT2D eigenvalue weighted by atomic mass is 19.1. The Morgan fingerprint density at radius 2 is 1.73 bits per heavy atom. The molecular formula is C7H15FO3. The molecule has 68 valence electrons. The molecule has 0 aliphatic carbocycles. The summed E-state index contributed by atoms with van der Waals surface area (Å²) in [5.74, 6) is 0. The van der Waals surface area contributed by atoms with Crippen LogP contribution >= 0.6 is 0 Å². The van der Waals surface area contributed by atoms with E-state index in [1.165, 1.54) is 0 Å². The number of halogens is 1. The summed E-state index contributed by atoms with van der Waals surface area (Å²) in [5.41, 5.74) is 0. The molecular weight excluding hydrogens is 151 g/mol. The Morgan fingerprint density at radius 3 is 2.00 bits per heavy atom. The molecule has 4 heteroatoms. The lowest BCUT2D eigenvalue weighted by Crippen LogP contribution is -2.33. The second kappa shape index (κ2) is 6.52. The topological polar surface area (TPSA) is 38.7 Å². The van der Waals surface area contributed by atoms with Crippen LogP contribution in [0.25, 0.3) is 0 Å². The molecule has 3 nitrogen and oxygen atoms in total. The Labute approximate surface area is 66.1 Å². The quantitative estimate of drug-likeness (QED) is 0.591. The lowest BCUT2D eigenvalue weighted by Gasteiger charge is -2.19. The van der Waals surface area contributed by atoms with Crippen molar-refractivity contribution in [2.45, 2.75) is 26.2 Å². The number of rotatable bonds is 6. The first-order valence-electron chi connectivity index (χ1n) is 3.73. The molecule has 0 aromatic rings. The van der Waals surface area contributed by atoms with Crippen LogP contribution in [0.5, 0.6) is 0 Å². The molecule has 0 rings (SSSR count). The smallest absolute Gasteiger partial charge is 0.185 e. The summed E-state index contributed by atoms with van der Waals surface area (Å²) >= 11 is 0. The highest BCUT2D eigenvalue weighted by Crippen LogP contribution is 2.02. The standard InChI is InChI=1S/C7H15FO3/c1-3-10-7(11-4-2)6(9)5-8/h6-7,9H,3-5H2,1-2H3/t6-/m0/s1. The summed E-state index contributed by atoms with van der Waals surface area (Å²) in [6.45, 7) is 3.49. The largest absolute Gasteiger partial charge is 0.385 e. The molecule has 0 spiro atoms. The molecule has 0 amide bonds. The van der Waals surface area contributed by atoms with E-state index in [4.69, 9.17) is 14.6 Å². The molecule has 0 heterocycles. The van der Waals surface area contributed by atoms with Gasteiger partial charge < -0.3 is 14.6 Å². The van der Waals surface area contributed by atoms with Crippen LogP contribution in [-0.2, 0) is 9.47 Å². The minimum Gasteiger partial charge on any atom is -0.385 e. The van der Waals surface area contributed by atoms with Gasteiger partial charge >= 0.3 is 0 Å². The predicted octanol–water partition coefficient (Wildman–Crippen LogP) is 0.716. The van der Waals surface area contributed by atoms with E-state index in [2.05, 4.69) is 0 Å². The maximum absolute atomic E-state index is 11.9. The van der Waals surface area contributed by atoms with Crippen LogP contribution < -0.4 is 0 Å². The highest BCUT2D eigenvalue weighted by Gasteiger charge is 2.18. The van der Waals surface area contributed by atoms with E-state index in [0.29, 0.717) is 13.2 Å². The summed E-state index contributed by atoms with van der Waals surface area (Å²) in [5, 5.41) is 8.95. The van der Waals surface area contributed by atoms with Crippen molar-refractivity contribution in [3.63, 3.8) is 0 Å². The number of hydrogen-bond acceptors (Lipinski definition) is 3. The van der Waals surface area contributed by atoms with Gasteiger partial charge in [0.25, 0.3) is 0 Å². The number of aliphatic hydroxyl groups is 1. The Hall–Kier alpha value is -0.190. The summed E-state index contributed by atoms with van der Waals surface area (Å²) in [6.07, 6.45) is -2.00. The summed E-state index contributed by atoms with van der Waals surface area (Å²) in [6, 6.07) is 0. The average Bonchev–Trinajstić information content (AvgIpc) is 2.03. The van der Waals surface area contributed by atoms with Gasteiger partial charge in [0, 0.05) is 13.2 Å². The van der Waals surface area contributed by atoms with Gasteiger partial charge in [-0.05, 0) is 13.8 Å². The van der Waals surface area contributed by atoms with Crippen LogP contribution in [0.4, 0.5) is 4.39 Å². The molecule has 0 unspecified atom stereocenters. The van der Waals surface area contributed by atoms with Crippen LogP contribution in [0.2, 0.25) is 0 Å². The summed E-state index contributed by atoms with van der Waals surface area (Å²) < 4.78 is 21.7. The zero-order chi connectivity index (χ0) is 8.69. The van der Waals surface area contributed by atoms with E-state index in [1.54, 1.807) is 13.8 Å². The van der Waals surface area contributed by atoms with Gasteiger partial charge in [-0.3, -0.25) is 0 Å².